The first-order valence-electron chi connectivity index (χ1n) is 9.94. The molecule has 2 aliphatic heterocycles. The summed E-state index contributed by atoms with van der Waals surface area (Å²) in [6.45, 7) is 4.07. The molecule has 0 aliphatic carbocycles. The normalized spacial score (nSPS) is 17.2. The molecule has 7 heteroatoms. The molecule has 0 spiro atoms. The van der Waals surface area contributed by atoms with Gasteiger partial charge < -0.3 is 19.9 Å². The highest BCUT2D eigenvalue weighted by atomic mass is 35.5. The number of benzene rings is 2. The number of carbonyl (C=O) groups excluding carboxylic acids is 1. The van der Waals surface area contributed by atoms with E-state index in [1.165, 1.54) is 5.56 Å². The van der Waals surface area contributed by atoms with Crippen molar-refractivity contribution in [2.45, 2.75) is 32.0 Å². The molecule has 1 fully saturated rings. The summed E-state index contributed by atoms with van der Waals surface area (Å²) < 4.78 is 11.0. The number of carbonyl (C=O) groups is 1. The molecule has 0 bridgehead atoms. The van der Waals surface area contributed by atoms with Crippen LogP contribution in [0.1, 0.15) is 34.3 Å². The molecule has 0 atom stereocenters. The largest absolute Gasteiger partial charge is 0.486 e. The van der Waals surface area contributed by atoms with Gasteiger partial charge in [0.25, 0.3) is 5.91 Å². The third-order valence-electron chi connectivity index (χ3n) is 5.30. The van der Waals surface area contributed by atoms with E-state index in [-0.39, 0.29) is 12.0 Å². The second-order valence-corrected chi connectivity index (χ2v) is 7.90. The number of hydrogen-bond donors (Lipinski definition) is 2. The Bertz CT molecular complexity index is 864. The van der Waals surface area contributed by atoms with Crippen LogP contribution in [0, 0.1) is 0 Å². The average molecular weight is 417 g/mol. The quantitative estimate of drug-likeness (QED) is 0.784. The van der Waals surface area contributed by atoms with Crippen molar-refractivity contribution >= 4 is 17.5 Å². The fourth-order valence-corrected chi connectivity index (χ4v) is 3.89. The lowest BCUT2D eigenvalue weighted by Gasteiger charge is -2.29. The number of aliphatic hydroxyl groups is 1. The number of aliphatic hydroxyl groups excluding tert-OH is 1. The number of fused-ring (bicyclic) bond motifs is 1. The molecule has 6 nitrogen and oxygen atoms in total. The minimum absolute atomic E-state index is 0.152. The van der Waals surface area contributed by atoms with Gasteiger partial charge in [-0.25, -0.2) is 0 Å². The lowest BCUT2D eigenvalue weighted by atomic mass is 10.1. The molecule has 1 amide bonds. The molecule has 4 rings (SSSR count). The molecule has 0 radical (unpaired) electrons. The number of nitrogens with zero attached hydrogens (tertiary/aromatic N) is 1. The third kappa shape index (κ3) is 5.01. The molecule has 2 aromatic rings. The van der Waals surface area contributed by atoms with Crippen LogP contribution in [-0.4, -0.2) is 48.3 Å². The van der Waals surface area contributed by atoms with Crippen LogP contribution >= 0.6 is 11.6 Å². The molecule has 0 saturated carbocycles. The molecule has 2 aliphatic rings. The van der Waals surface area contributed by atoms with E-state index in [1.54, 1.807) is 12.1 Å². The monoisotopic (exact) mass is 416 g/mol. The fraction of sp³-hybridized carbons (Fsp3) is 0.409. The number of hydrogen-bond acceptors (Lipinski definition) is 5. The van der Waals surface area contributed by atoms with Crippen LogP contribution in [0.4, 0.5) is 0 Å². The minimum Gasteiger partial charge on any atom is -0.486 e. The fourth-order valence-electron chi connectivity index (χ4n) is 3.62. The zero-order valence-corrected chi connectivity index (χ0v) is 17.0. The van der Waals surface area contributed by atoms with Crippen LogP contribution < -0.4 is 14.8 Å². The van der Waals surface area contributed by atoms with Gasteiger partial charge in [-0.15, -0.1) is 0 Å². The molecule has 2 heterocycles. The van der Waals surface area contributed by atoms with Crippen LogP contribution in [0.3, 0.4) is 0 Å². The first-order chi connectivity index (χ1) is 14.1. The van der Waals surface area contributed by atoms with Crippen LogP contribution in [0.25, 0.3) is 0 Å². The van der Waals surface area contributed by atoms with Gasteiger partial charge in [-0.3, -0.25) is 9.69 Å². The number of amides is 1. The molecule has 2 aromatic carbocycles. The Morgan fingerprint density at radius 2 is 1.79 bits per heavy atom. The van der Waals surface area contributed by atoms with Gasteiger partial charge in [0.05, 0.1) is 11.1 Å². The summed E-state index contributed by atoms with van der Waals surface area (Å²) in [4.78, 5) is 14.9. The highest BCUT2D eigenvalue weighted by Gasteiger charge is 2.19. The van der Waals surface area contributed by atoms with Crippen molar-refractivity contribution in [3.8, 4) is 11.5 Å². The predicted octanol–water partition coefficient (Wildman–Crippen LogP) is 3.00. The summed E-state index contributed by atoms with van der Waals surface area (Å²) in [6.07, 6.45) is 1.53. The highest BCUT2D eigenvalue weighted by molar-refractivity contribution is 6.32. The Kier molecular flexibility index (Phi) is 6.23. The van der Waals surface area contributed by atoms with Gasteiger partial charge in [-0.2, -0.15) is 0 Å². The van der Waals surface area contributed by atoms with E-state index < -0.39 is 0 Å². The topological polar surface area (TPSA) is 71.0 Å². The molecule has 2 N–H and O–H groups in total. The molecular formula is C22H25ClN2O4. The van der Waals surface area contributed by atoms with E-state index >= 15 is 0 Å². The van der Waals surface area contributed by atoms with Crippen LogP contribution in [0.5, 0.6) is 11.5 Å². The van der Waals surface area contributed by atoms with Crippen molar-refractivity contribution in [1.29, 1.82) is 0 Å². The maximum atomic E-state index is 12.5. The van der Waals surface area contributed by atoms with E-state index in [9.17, 15) is 9.90 Å². The van der Waals surface area contributed by atoms with E-state index in [4.69, 9.17) is 21.1 Å². The highest BCUT2D eigenvalue weighted by Crippen LogP contribution is 2.38. The summed E-state index contributed by atoms with van der Waals surface area (Å²) in [5.41, 5.74) is 2.71. The number of ether oxygens (including phenoxy) is 2. The van der Waals surface area contributed by atoms with Crippen LogP contribution in [-0.2, 0) is 13.1 Å². The lowest BCUT2D eigenvalue weighted by molar-refractivity contribution is 0.0792. The number of rotatable bonds is 5. The van der Waals surface area contributed by atoms with Gasteiger partial charge in [-0.1, -0.05) is 35.9 Å². The maximum Gasteiger partial charge on any atom is 0.251 e. The predicted molar refractivity (Wildman–Crippen MR) is 111 cm³/mol. The lowest BCUT2D eigenvalue weighted by Crippen LogP contribution is -2.35. The van der Waals surface area contributed by atoms with Gasteiger partial charge in [0.15, 0.2) is 11.5 Å². The average Bonchev–Trinajstić information content (AvgIpc) is 2.74. The van der Waals surface area contributed by atoms with Crippen molar-refractivity contribution in [2.75, 3.05) is 26.3 Å². The Labute approximate surface area is 175 Å². The number of nitrogens with one attached hydrogen (secondary N) is 1. The molecule has 1 saturated heterocycles. The number of piperidine rings is 1. The summed E-state index contributed by atoms with van der Waals surface area (Å²) in [6, 6.07) is 11.5. The van der Waals surface area contributed by atoms with Crippen molar-refractivity contribution in [3.63, 3.8) is 0 Å². The van der Waals surface area contributed by atoms with E-state index in [2.05, 4.69) is 22.3 Å². The number of halogens is 1. The second-order valence-electron chi connectivity index (χ2n) is 7.49. The van der Waals surface area contributed by atoms with Gasteiger partial charge in [0.1, 0.15) is 13.2 Å². The van der Waals surface area contributed by atoms with E-state index in [0.717, 1.165) is 38.0 Å². The van der Waals surface area contributed by atoms with Crippen LogP contribution in [0.2, 0.25) is 5.02 Å². The van der Waals surface area contributed by atoms with E-state index in [0.29, 0.717) is 41.8 Å². The van der Waals surface area contributed by atoms with Gasteiger partial charge in [0.2, 0.25) is 0 Å². The second kappa shape index (κ2) is 9.03. The van der Waals surface area contributed by atoms with Crippen molar-refractivity contribution in [3.05, 3.63) is 58.1 Å². The SMILES string of the molecule is O=C(NCc1ccc(CN2CCC(O)CC2)cc1)c1cc(Cl)c2c(c1)OCCO2. The smallest absolute Gasteiger partial charge is 0.251 e. The van der Waals surface area contributed by atoms with Crippen LogP contribution in [0.15, 0.2) is 36.4 Å². The zero-order chi connectivity index (χ0) is 20.2. The first kappa shape index (κ1) is 20.0. The zero-order valence-electron chi connectivity index (χ0n) is 16.2. The molecule has 154 valence electrons. The van der Waals surface area contributed by atoms with E-state index in [1.807, 2.05) is 12.1 Å². The summed E-state index contributed by atoms with van der Waals surface area (Å²) in [7, 11) is 0. The molecule has 0 unspecified atom stereocenters. The molecule has 29 heavy (non-hydrogen) atoms. The molecular weight excluding hydrogens is 392 g/mol. The Morgan fingerprint density at radius 3 is 2.55 bits per heavy atom. The Morgan fingerprint density at radius 1 is 1.10 bits per heavy atom. The Balaban J connectivity index is 1.32. The van der Waals surface area contributed by atoms with Crippen molar-refractivity contribution in [2.24, 2.45) is 0 Å². The Hall–Kier alpha value is -2.28. The molecule has 0 aromatic heterocycles. The summed E-state index contributed by atoms with van der Waals surface area (Å²) in [5, 5.41) is 12.9. The standard InChI is InChI=1S/C22H25ClN2O4/c23-19-11-17(12-20-21(19)29-10-9-28-20)22(27)24-13-15-1-3-16(4-2-15)14-25-7-5-18(26)6-8-25/h1-4,11-12,18,26H,5-10,13-14H2,(H,24,27). The van der Waals surface area contributed by atoms with Crippen molar-refractivity contribution < 1.29 is 19.4 Å². The third-order valence-corrected chi connectivity index (χ3v) is 5.58. The summed E-state index contributed by atoms with van der Waals surface area (Å²) >= 11 is 6.21. The first-order valence-corrected chi connectivity index (χ1v) is 10.3. The minimum atomic E-state index is -0.208. The number of likely N-dealkylation sites (tertiary alicyclic amines) is 1. The van der Waals surface area contributed by atoms with Gasteiger partial charge in [-0.05, 0) is 36.1 Å². The van der Waals surface area contributed by atoms with Crippen molar-refractivity contribution in [1.82, 2.24) is 10.2 Å². The maximum absolute atomic E-state index is 12.5. The summed E-state index contributed by atoms with van der Waals surface area (Å²) in [5.74, 6) is 0.788. The van der Waals surface area contributed by atoms with Gasteiger partial charge in [0, 0.05) is 31.7 Å². The van der Waals surface area contributed by atoms with Gasteiger partial charge >= 0.3 is 0 Å².